The average Bonchev–Trinajstić information content (AvgIpc) is 2.82. The second-order valence-electron chi connectivity index (χ2n) is 8.04. The molecule has 0 aliphatic carbocycles. The van der Waals surface area contributed by atoms with Crippen molar-refractivity contribution >= 4 is 23.8 Å². The molecule has 0 aliphatic rings. The summed E-state index contributed by atoms with van der Waals surface area (Å²) in [5.41, 5.74) is 2.18. The molecule has 0 bridgehead atoms. The van der Waals surface area contributed by atoms with Gasteiger partial charge in [-0.05, 0) is 54.8 Å². The Labute approximate surface area is 201 Å². The molecule has 4 aromatic carbocycles. The lowest BCUT2D eigenvalue weighted by atomic mass is 9.95. The Hall–Kier alpha value is -3.55. The number of anilines is 2. The molecule has 4 rings (SSSR count). The molecule has 176 valence electrons. The van der Waals surface area contributed by atoms with Crippen LogP contribution in [0, 0.1) is 18.6 Å². The number of hydrogen-bond acceptors (Lipinski definition) is 5. The van der Waals surface area contributed by atoms with E-state index in [9.17, 15) is 23.5 Å². The summed E-state index contributed by atoms with van der Waals surface area (Å²) in [4.78, 5) is 23.0. The van der Waals surface area contributed by atoms with Crippen LogP contribution in [0.3, 0.4) is 0 Å². The zero-order chi connectivity index (χ0) is 23.7. The fourth-order valence-corrected chi connectivity index (χ4v) is 3.71. The Bertz CT molecular complexity index is 1380. The Morgan fingerprint density at radius 3 is 2.15 bits per heavy atom. The lowest BCUT2D eigenvalue weighted by Crippen LogP contribution is -2.32. The first-order chi connectivity index (χ1) is 15.7. The minimum absolute atomic E-state index is 0. The fourth-order valence-electron chi connectivity index (χ4n) is 3.71. The van der Waals surface area contributed by atoms with Crippen molar-refractivity contribution in [1.29, 1.82) is 0 Å². The maximum Gasteiger partial charge on any atom is 0.271 e. The van der Waals surface area contributed by atoms with Crippen molar-refractivity contribution < 1.29 is 13.9 Å². The molecule has 4 aromatic rings. The summed E-state index contributed by atoms with van der Waals surface area (Å²) in [5, 5.41) is 15.9. The van der Waals surface area contributed by atoms with Crippen molar-refractivity contribution in [2.45, 2.75) is 25.9 Å². The van der Waals surface area contributed by atoms with Gasteiger partial charge in [-0.3, -0.25) is 14.9 Å². The quantitative estimate of drug-likeness (QED) is 0.315. The lowest BCUT2D eigenvalue weighted by Gasteiger charge is -2.25. The van der Waals surface area contributed by atoms with Crippen LogP contribution in [0.25, 0.3) is 0 Å². The second kappa shape index (κ2) is 10.2. The molecule has 3 N–H and O–H groups in total. The Kier molecular flexibility index (Phi) is 7.49. The molecule has 0 saturated heterocycles. The molecule has 0 aromatic heterocycles. The van der Waals surface area contributed by atoms with Crippen LogP contribution in [0.2, 0.25) is 0 Å². The topological polar surface area (TPSA) is 78.4 Å². The zero-order valence-electron chi connectivity index (χ0n) is 18.4. The summed E-state index contributed by atoms with van der Waals surface area (Å²) >= 11 is 0. The molecule has 0 heterocycles. The second-order valence-corrected chi connectivity index (χ2v) is 8.04. The smallest absolute Gasteiger partial charge is 0.271 e. The van der Waals surface area contributed by atoms with Crippen molar-refractivity contribution in [2.24, 2.45) is 0 Å². The number of nitrogens with one attached hydrogen (secondary N) is 2. The van der Waals surface area contributed by atoms with Gasteiger partial charge >= 0.3 is 0 Å². The molecule has 1 unspecified atom stereocenters. The molecule has 0 amide bonds. The SMILES string of the molecule is Cc1ccc(C(N[C@H](C)c2ccc(F)c(F)c2)c2cccc(Nc3c(O)c(=O)c3=O)c2)cc1.Cl. The van der Waals surface area contributed by atoms with Crippen LogP contribution < -0.4 is 21.5 Å². The van der Waals surface area contributed by atoms with Crippen LogP contribution in [0.4, 0.5) is 20.2 Å². The van der Waals surface area contributed by atoms with E-state index >= 15 is 0 Å². The number of aryl methyl sites for hydroxylation is 1. The first-order valence-corrected chi connectivity index (χ1v) is 10.4. The molecule has 0 aliphatic heterocycles. The van der Waals surface area contributed by atoms with Crippen LogP contribution in [-0.2, 0) is 0 Å². The molecule has 34 heavy (non-hydrogen) atoms. The normalized spacial score (nSPS) is 12.7. The van der Waals surface area contributed by atoms with Gasteiger partial charge in [-0.1, -0.05) is 48.0 Å². The fraction of sp³-hybridized carbons (Fsp3) is 0.154. The summed E-state index contributed by atoms with van der Waals surface area (Å²) in [7, 11) is 0. The van der Waals surface area contributed by atoms with E-state index in [0.29, 0.717) is 11.3 Å². The number of rotatable bonds is 7. The Morgan fingerprint density at radius 2 is 1.50 bits per heavy atom. The highest BCUT2D eigenvalue weighted by Gasteiger charge is 2.22. The first kappa shape index (κ1) is 25.1. The van der Waals surface area contributed by atoms with E-state index in [1.54, 1.807) is 18.2 Å². The summed E-state index contributed by atoms with van der Waals surface area (Å²) in [6.45, 7) is 3.84. The first-order valence-electron chi connectivity index (χ1n) is 10.4. The van der Waals surface area contributed by atoms with Gasteiger partial charge in [-0.15, -0.1) is 12.4 Å². The third-order valence-corrected chi connectivity index (χ3v) is 5.65. The van der Waals surface area contributed by atoms with Crippen molar-refractivity contribution in [3.8, 4) is 5.75 Å². The van der Waals surface area contributed by atoms with Gasteiger partial charge in [-0.25, -0.2) is 8.78 Å². The van der Waals surface area contributed by atoms with Gasteiger partial charge in [0, 0.05) is 11.7 Å². The van der Waals surface area contributed by atoms with Crippen molar-refractivity contribution in [3.63, 3.8) is 0 Å². The summed E-state index contributed by atoms with van der Waals surface area (Å²) < 4.78 is 27.2. The van der Waals surface area contributed by atoms with Gasteiger partial charge < -0.3 is 10.4 Å². The number of aromatic hydroxyl groups is 1. The van der Waals surface area contributed by atoms with Crippen molar-refractivity contribution in [1.82, 2.24) is 5.32 Å². The van der Waals surface area contributed by atoms with Crippen LogP contribution in [0.5, 0.6) is 5.75 Å². The maximum absolute atomic E-state index is 13.8. The highest BCUT2D eigenvalue weighted by molar-refractivity contribution is 5.85. The highest BCUT2D eigenvalue weighted by atomic mass is 35.5. The van der Waals surface area contributed by atoms with Crippen LogP contribution in [-0.4, -0.2) is 5.11 Å². The Balaban J connectivity index is 0.00000324. The molecule has 2 atom stereocenters. The standard InChI is InChI=1S/C26H22F2N2O3.ClH/c1-14-6-8-16(9-7-14)22(29-15(2)17-10-11-20(27)21(28)13-17)18-4-3-5-19(12-18)30-23-24(31)26(33)25(23)32;/h3-13,15,22,29-31H,1-2H3;1H/t15-,22?;/m1./s1. The summed E-state index contributed by atoms with van der Waals surface area (Å²) in [6, 6.07) is 18.3. The molecular formula is C26H23ClF2N2O3. The molecule has 0 spiro atoms. The van der Waals surface area contributed by atoms with E-state index in [4.69, 9.17) is 0 Å². The predicted molar refractivity (Wildman–Crippen MR) is 131 cm³/mol. The third-order valence-electron chi connectivity index (χ3n) is 5.65. The largest absolute Gasteiger partial charge is 0.502 e. The van der Waals surface area contributed by atoms with Crippen LogP contribution in [0.15, 0.2) is 76.3 Å². The third kappa shape index (κ3) is 5.00. The molecule has 0 fully saturated rings. The van der Waals surface area contributed by atoms with Crippen molar-refractivity contribution in [2.75, 3.05) is 5.32 Å². The predicted octanol–water partition coefficient (Wildman–Crippen LogP) is 5.18. The maximum atomic E-state index is 13.8. The zero-order valence-corrected chi connectivity index (χ0v) is 19.2. The van der Waals surface area contributed by atoms with E-state index in [1.807, 2.05) is 44.2 Å². The van der Waals surface area contributed by atoms with Crippen molar-refractivity contribution in [3.05, 3.63) is 121 Å². The van der Waals surface area contributed by atoms with Gasteiger partial charge in [-0.2, -0.15) is 0 Å². The molecule has 8 heteroatoms. The van der Waals surface area contributed by atoms with Gasteiger partial charge in [0.1, 0.15) is 5.69 Å². The number of benzene rings is 3. The van der Waals surface area contributed by atoms with Gasteiger partial charge in [0.05, 0.1) is 6.04 Å². The summed E-state index contributed by atoms with van der Waals surface area (Å²) in [5.74, 6) is -2.39. The van der Waals surface area contributed by atoms with Crippen LogP contribution >= 0.6 is 12.4 Å². The molecule has 0 radical (unpaired) electrons. The molecule has 0 saturated carbocycles. The van der Waals surface area contributed by atoms with Gasteiger partial charge in [0.2, 0.25) is 0 Å². The summed E-state index contributed by atoms with van der Waals surface area (Å²) in [6.07, 6.45) is 0. The van der Waals surface area contributed by atoms with E-state index in [1.165, 1.54) is 12.1 Å². The lowest BCUT2D eigenvalue weighted by molar-refractivity contribution is 0.466. The minimum atomic E-state index is -0.910. The number of halogens is 3. The minimum Gasteiger partial charge on any atom is -0.502 e. The average molecular weight is 485 g/mol. The van der Waals surface area contributed by atoms with E-state index in [0.717, 1.165) is 22.8 Å². The number of hydrogen-bond donors (Lipinski definition) is 3. The monoisotopic (exact) mass is 484 g/mol. The van der Waals surface area contributed by atoms with E-state index in [-0.39, 0.29) is 30.2 Å². The van der Waals surface area contributed by atoms with E-state index in [2.05, 4.69) is 10.6 Å². The Morgan fingerprint density at radius 1 is 0.824 bits per heavy atom. The van der Waals surface area contributed by atoms with Gasteiger partial charge in [0.15, 0.2) is 17.4 Å². The molecular weight excluding hydrogens is 462 g/mol. The highest BCUT2D eigenvalue weighted by Crippen LogP contribution is 2.30. The van der Waals surface area contributed by atoms with E-state index < -0.39 is 28.2 Å². The van der Waals surface area contributed by atoms with Gasteiger partial charge in [0.25, 0.3) is 10.9 Å². The van der Waals surface area contributed by atoms with Crippen LogP contribution in [0.1, 0.15) is 41.3 Å². The molecule has 5 nitrogen and oxygen atoms in total.